The minimum atomic E-state index is -0.128. The van der Waals surface area contributed by atoms with Crippen LogP contribution in [-0.2, 0) is 19.1 Å². The van der Waals surface area contributed by atoms with Gasteiger partial charge >= 0.3 is 11.9 Å². The van der Waals surface area contributed by atoms with Crippen LogP contribution in [0.15, 0.2) is 0 Å². The maximum Gasteiger partial charge on any atom is 0.309 e. The van der Waals surface area contributed by atoms with Crippen molar-refractivity contribution in [1.82, 2.24) is 0 Å². The van der Waals surface area contributed by atoms with Crippen LogP contribution in [0.3, 0.4) is 0 Å². The lowest BCUT2D eigenvalue weighted by atomic mass is 9.98. The number of carbonyl (C=O) groups is 2. The van der Waals surface area contributed by atoms with Gasteiger partial charge in [-0.05, 0) is 43.4 Å². The molecule has 0 spiro atoms. The monoisotopic (exact) mass is 298 g/mol. The molecule has 1 unspecified atom stereocenters. The van der Waals surface area contributed by atoms with Crippen molar-refractivity contribution in [3.8, 4) is 0 Å². The van der Waals surface area contributed by atoms with Gasteiger partial charge in [0.25, 0.3) is 0 Å². The van der Waals surface area contributed by atoms with E-state index >= 15 is 0 Å². The van der Waals surface area contributed by atoms with Gasteiger partial charge in [0.15, 0.2) is 0 Å². The molecule has 0 heterocycles. The average Bonchev–Trinajstić information content (AvgIpc) is 2.75. The Bertz CT molecular complexity index is 356. The summed E-state index contributed by atoms with van der Waals surface area (Å²) in [6.45, 7) is 11.0. The second-order valence-corrected chi connectivity index (χ2v) is 7.43. The maximum atomic E-state index is 11.8. The van der Waals surface area contributed by atoms with Crippen LogP contribution >= 0.6 is 0 Å². The van der Waals surface area contributed by atoms with Gasteiger partial charge in [0, 0.05) is 6.42 Å². The topological polar surface area (TPSA) is 52.6 Å². The van der Waals surface area contributed by atoms with Crippen LogP contribution in [0.25, 0.3) is 0 Å². The van der Waals surface area contributed by atoms with Crippen LogP contribution in [-0.4, -0.2) is 25.2 Å². The highest BCUT2D eigenvalue weighted by Gasteiger charge is 2.36. The van der Waals surface area contributed by atoms with Gasteiger partial charge in [-0.1, -0.05) is 27.7 Å². The predicted molar refractivity (Wildman–Crippen MR) is 81.7 cm³/mol. The van der Waals surface area contributed by atoms with E-state index < -0.39 is 0 Å². The molecule has 0 aromatic carbocycles. The average molecular weight is 298 g/mol. The van der Waals surface area contributed by atoms with Gasteiger partial charge in [-0.2, -0.15) is 0 Å². The number of hydrogen-bond acceptors (Lipinski definition) is 4. The number of esters is 2. The van der Waals surface area contributed by atoms with E-state index in [0.717, 1.165) is 19.3 Å². The van der Waals surface area contributed by atoms with Crippen LogP contribution in [0.5, 0.6) is 0 Å². The molecule has 1 aliphatic carbocycles. The highest BCUT2D eigenvalue weighted by atomic mass is 16.5. The highest BCUT2D eigenvalue weighted by Crippen LogP contribution is 2.39. The van der Waals surface area contributed by atoms with Gasteiger partial charge in [-0.25, -0.2) is 0 Å². The SMILES string of the molecule is CCOC(=O)[C@@H]1CC(CCC(=O)OCC(C)(C)C)C[C@H]1C. The Balaban J connectivity index is 2.31. The second kappa shape index (κ2) is 7.81. The molecule has 21 heavy (non-hydrogen) atoms. The van der Waals surface area contributed by atoms with Crippen LogP contribution in [0, 0.1) is 23.2 Å². The molecular formula is C17H30O4. The number of ether oxygens (including phenoxy) is 2. The zero-order chi connectivity index (χ0) is 16.0. The molecule has 0 bridgehead atoms. The van der Waals surface area contributed by atoms with Gasteiger partial charge in [-0.3, -0.25) is 9.59 Å². The minimum absolute atomic E-state index is 0.000505. The summed E-state index contributed by atoms with van der Waals surface area (Å²) in [5.41, 5.74) is 0.00649. The van der Waals surface area contributed by atoms with Crippen LogP contribution in [0.1, 0.15) is 60.3 Å². The summed E-state index contributed by atoms with van der Waals surface area (Å²) < 4.78 is 10.4. The number of rotatable bonds is 6. The summed E-state index contributed by atoms with van der Waals surface area (Å²) in [5.74, 6) is 0.566. The molecule has 1 saturated carbocycles. The van der Waals surface area contributed by atoms with Crippen molar-refractivity contribution in [2.24, 2.45) is 23.2 Å². The molecule has 1 rings (SSSR count). The smallest absolute Gasteiger partial charge is 0.309 e. The third-order valence-electron chi connectivity index (χ3n) is 3.99. The number of hydrogen-bond donors (Lipinski definition) is 0. The van der Waals surface area contributed by atoms with E-state index in [1.54, 1.807) is 0 Å². The molecule has 1 fully saturated rings. The molecule has 0 N–H and O–H groups in total. The van der Waals surface area contributed by atoms with Gasteiger partial charge < -0.3 is 9.47 Å². The Morgan fingerprint density at radius 2 is 1.81 bits per heavy atom. The quantitative estimate of drug-likeness (QED) is 0.703. The first kappa shape index (κ1) is 18.0. The van der Waals surface area contributed by atoms with Crippen molar-refractivity contribution in [1.29, 1.82) is 0 Å². The zero-order valence-corrected chi connectivity index (χ0v) is 14.1. The summed E-state index contributed by atoms with van der Waals surface area (Å²) in [5, 5.41) is 0. The first-order valence-electron chi connectivity index (χ1n) is 8.05. The molecule has 0 aromatic rings. The van der Waals surface area contributed by atoms with Gasteiger partial charge in [-0.15, -0.1) is 0 Å². The highest BCUT2D eigenvalue weighted by molar-refractivity contribution is 5.73. The predicted octanol–water partition coefficient (Wildman–Crippen LogP) is 3.58. The van der Waals surface area contributed by atoms with Crippen molar-refractivity contribution in [2.75, 3.05) is 13.2 Å². The van der Waals surface area contributed by atoms with Gasteiger partial charge in [0.2, 0.25) is 0 Å². The molecule has 0 saturated heterocycles. The van der Waals surface area contributed by atoms with E-state index in [1.165, 1.54) is 0 Å². The zero-order valence-electron chi connectivity index (χ0n) is 14.1. The van der Waals surface area contributed by atoms with Crippen molar-refractivity contribution < 1.29 is 19.1 Å². The molecule has 4 heteroatoms. The Morgan fingerprint density at radius 3 is 2.38 bits per heavy atom. The maximum absolute atomic E-state index is 11.8. The van der Waals surface area contributed by atoms with Gasteiger partial charge in [0.1, 0.15) is 0 Å². The first-order valence-corrected chi connectivity index (χ1v) is 8.05. The van der Waals surface area contributed by atoms with Gasteiger partial charge in [0.05, 0.1) is 19.1 Å². The first-order chi connectivity index (χ1) is 9.73. The normalized spacial score (nSPS) is 25.7. The van der Waals surface area contributed by atoms with Crippen LogP contribution in [0.2, 0.25) is 0 Å². The summed E-state index contributed by atoms with van der Waals surface area (Å²) in [6.07, 6.45) is 3.09. The van der Waals surface area contributed by atoms with E-state index in [2.05, 4.69) is 6.92 Å². The van der Waals surface area contributed by atoms with E-state index in [9.17, 15) is 9.59 Å². The summed E-state index contributed by atoms with van der Waals surface area (Å²) in [4.78, 5) is 23.6. The molecular weight excluding hydrogens is 268 g/mol. The molecule has 0 aliphatic heterocycles. The Labute approximate surface area is 128 Å². The van der Waals surface area contributed by atoms with E-state index in [4.69, 9.17) is 9.47 Å². The molecule has 3 atom stereocenters. The lowest BCUT2D eigenvalue weighted by Gasteiger charge is -2.18. The van der Waals surface area contributed by atoms with E-state index in [0.29, 0.717) is 31.5 Å². The second-order valence-electron chi connectivity index (χ2n) is 7.43. The Morgan fingerprint density at radius 1 is 1.14 bits per heavy atom. The fraction of sp³-hybridized carbons (Fsp3) is 0.882. The third-order valence-corrected chi connectivity index (χ3v) is 3.99. The minimum Gasteiger partial charge on any atom is -0.466 e. The summed E-state index contributed by atoms with van der Waals surface area (Å²) >= 11 is 0. The summed E-state index contributed by atoms with van der Waals surface area (Å²) in [6, 6.07) is 0. The molecule has 0 radical (unpaired) electrons. The molecule has 0 aromatic heterocycles. The van der Waals surface area contributed by atoms with E-state index in [1.807, 2.05) is 27.7 Å². The summed E-state index contributed by atoms with van der Waals surface area (Å²) in [7, 11) is 0. The van der Waals surface area contributed by atoms with Crippen molar-refractivity contribution >= 4 is 11.9 Å². The number of carbonyl (C=O) groups excluding carboxylic acids is 2. The fourth-order valence-electron chi connectivity index (χ4n) is 2.88. The standard InChI is InChI=1S/C17H30O4/c1-6-20-16(19)14-10-13(9-12(14)2)7-8-15(18)21-11-17(3,4)5/h12-14H,6-11H2,1-5H3/t12-,13?,14-/m1/s1. The lowest BCUT2D eigenvalue weighted by Crippen LogP contribution is -2.20. The van der Waals surface area contributed by atoms with Crippen LogP contribution < -0.4 is 0 Å². The molecule has 0 amide bonds. The van der Waals surface area contributed by atoms with Crippen molar-refractivity contribution in [3.63, 3.8) is 0 Å². The molecule has 1 aliphatic rings. The lowest BCUT2D eigenvalue weighted by molar-refractivity contribution is -0.149. The Kier molecular flexibility index (Phi) is 6.69. The van der Waals surface area contributed by atoms with E-state index in [-0.39, 0.29) is 23.3 Å². The Hall–Kier alpha value is -1.06. The largest absolute Gasteiger partial charge is 0.466 e. The fourth-order valence-corrected chi connectivity index (χ4v) is 2.88. The van der Waals surface area contributed by atoms with Crippen LogP contribution in [0.4, 0.5) is 0 Å². The van der Waals surface area contributed by atoms with Crippen molar-refractivity contribution in [2.45, 2.75) is 60.3 Å². The van der Waals surface area contributed by atoms with Crippen molar-refractivity contribution in [3.05, 3.63) is 0 Å². The molecule has 4 nitrogen and oxygen atoms in total. The molecule has 122 valence electrons. The third kappa shape index (κ3) is 6.49.